The van der Waals surface area contributed by atoms with Crippen LogP contribution in [0, 0.1) is 0 Å². The standard InChI is InChI=1S/C11H12NO2.HI/c1-13-11-10-6-4-3-5-9(10)7-8-12(11)14-2;/h3-8H,1-2H3;1H/q+1;/p-1. The largest absolute Gasteiger partial charge is 1.00 e. The van der Waals surface area contributed by atoms with E-state index in [9.17, 15) is 0 Å². The molecular weight excluding hydrogens is 305 g/mol. The number of benzene rings is 1. The van der Waals surface area contributed by atoms with E-state index in [1.54, 1.807) is 19.0 Å². The minimum Gasteiger partial charge on any atom is -1.00 e. The van der Waals surface area contributed by atoms with Gasteiger partial charge in [0.05, 0.1) is 12.5 Å². The van der Waals surface area contributed by atoms with Crippen molar-refractivity contribution in [2.45, 2.75) is 0 Å². The van der Waals surface area contributed by atoms with Gasteiger partial charge < -0.3 is 28.7 Å². The van der Waals surface area contributed by atoms with Gasteiger partial charge in [0.25, 0.3) is 0 Å². The minimum atomic E-state index is 0. The number of methoxy groups -OCH3 is 1. The molecule has 0 aliphatic rings. The van der Waals surface area contributed by atoms with E-state index >= 15 is 0 Å². The zero-order valence-electron chi connectivity index (χ0n) is 8.61. The van der Waals surface area contributed by atoms with Gasteiger partial charge in [-0.05, 0) is 11.5 Å². The number of halogens is 1. The first-order chi connectivity index (χ1) is 6.86. The van der Waals surface area contributed by atoms with Crippen molar-refractivity contribution < 1.29 is 38.3 Å². The van der Waals surface area contributed by atoms with E-state index in [0.29, 0.717) is 5.88 Å². The molecule has 0 aliphatic heterocycles. The number of fused-ring (bicyclic) bond motifs is 1. The van der Waals surface area contributed by atoms with Crippen LogP contribution in [0.4, 0.5) is 0 Å². The van der Waals surface area contributed by atoms with Gasteiger partial charge in [0, 0.05) is 10.8 Å². The molecule has 1 aromatic heterocycles. The first-order valence-corrected chi connectivity index (χ1v) is 4.38. The third-order valence-corrected chi connectivity index (χ3v) is 2.17. The Labute approximate surface area is 106 Å². The normalized spacial score (nSPS) is 9.47. The summed E-state index contributed by atoms with van der Waals surface area (Å²) in [6.45, 7) is 0. The minimum absolute atomic E-state index is 0. The van der Waals surface area contributed by atoms with Crippen molar-refractivity contribution in [1.29, 1.82) is 0 Å². The summed E-state index contributed by atoms with van der Waals surface area (Å²) in [6.07, 6.45) is 1.83. The van der Waals surface area contributed by atoms with Crippen LogP contribution in [-0.2, 0) is 0 Å². The Morgan fingerprint density at radius 3 is 2.47 bits per heavy atom. The number of ether oxygens (including phenoxy) is 1. The number of hydrogen-bond acceptors (Lipinski definition) is 2. The summed E-state index contributed by atoms with van der Waals surface area (Å²) >= 11 is 0. The highest BCUT2D eigenvalue weighted by atomic mass is 127. The van der Waals surface area contributed by atoms with Crippen molar-refractivity contribution in [3.63, 3.8) is 0 Å². The summed E-state index contributed by atoms with van der Waals surface area (Å²) in [5.41, 5.74) is 0. The van der Waals surface area contributed by atoms with Gasteiger partial charge in [-0.1, -0.05) is 18.2 Å². The zero-order chi connectivity index (χ0) is 9.97. The molecule has 0 saturated heterocycles. The van der Waals surface area contributed by atoms with Crippen LogP contribution in [0.2, 0.25) is 0 Å². The van der Waals surface area contributed by atoms with E-state index in [-0.39, 0.29) is 24.0 Å². The van der Waals surface area contributed by atoms with Gasteiger partial charge in [-0.2, -0.15) is 0 Å². The molecular formula is C11H12INO2. The molecule has 2 aromatic rings. The lowest BCUT2D eigenvalue weighted by atomic mass is 10.2. The van der Waals surface area contributed by atoms with Crippen molar-refractivity contribution in [3.05, 3.63) is 36.5 Å². The van der Waals surface area contributed by atoms with Crippen LogP contribution < -0.4 is 38.3 Å². The first-order valence-electron chi connectivity index (χ1n) is 4.38. The van der Waals surface area contributed by atoms with Gasteiger partial charge >= 0.3 is 5.88 Å². The van der Waals surface area contributed by atoms with Crippen LogP contribution in [-0.4, -0.2) is 14.2 Å². The molecule has 2 rings (SSSR count). The maximum atomic E-state index is 5.29. The Bertz CT molecular complexity index is 459. The Morgan fingerprint density at radius 1 is 1.07 bits per heavy atom. The van der Waals surface area contributed by atoms with Gasteiger partial charge in [0.2, 0.25) is 6.20 Å². The lowest BCUT2D eigenvalue weighted by Crippen LogP contribution is -3.00. The van der Waals surface area contributed by atoms with Crippen LogP contribution >= 0.6 is 0 Å². The van der Waals surface area contributed by atoms with E-state index in [4.69, 9.17) is 9.57 Å². The second-order valence-electron chi connectivity index (χ2n) is 2.92. The molecule has 0 atom stereocenters. The van der Waals surface area contributed by atoms with E-state index < -0.39 is 0 Å². The second kappa shape index (κ2) is 5.16. The van der Waals surface area contributed by atoms with Crippen LogP contribution in [0.5, 0.6) is 5.88 Å². The second-order valence-corrected chi connectivity index (χ2v) is 2.92. The molecule has 0 saturated carbocycles. The number of pyridine rings is 1. The van der Waals surface area contributed by atoms with E-state index in [2.05, 4.69) is 0 Å². The first kappa shape index (κ1) is 12.0. The highest BCUT2D eigenvalue weighted by molar-refractivity contribution is 5.85. The highest BCUT2D eigenvalue weighted by Crippen LogP contribution is 2.20. The lowest BCUT2D eigenvalue weighted by Gasteiger charge is -2.01. The lowest BCUT2D eigenvalue weighted by molar-refractivity contribution is -0.886. The summed E-state index contributed by atoms with van der Waals surface area (Å²) < 4.78 is 6.89. The highest BCUT2D eigenvalue weighted by Gasteiger charge is 2.15. The van der Waals surface area contributed by atoms with Crippen molar-refractivity contribution in [3.8, 4) is 5.88 Å². The Kier molecular flexibility index (Phi) is 4.14. The quantitative estimate of drug-likeness (QED) is 0.482. The van der Waals surface area contributed by atoms with E-state index in [0.717, 1.165) is 10.8 Å². The van der Waals surface area contributed by atoms with Gasteiger partial charge in [0.1, 0.15) is 7.11 Å². The predicted molar refractivity (Wildman–Crippen MR) is 53.2 cm³/mol. The molecule has 15 heavy (non-hydrogen) atoms. The summed E-state index contributed by atoms with van der Waals surface area (Å²) in [5, 5.41) is 2.18. The topological polar surface area (TPSA) is 22.3 Å². The van der Waals surface area contributed by atoms with Gasteiger partial charge in [-0.15, -0.1) is 0 Å². The summed E-state index contributed by atoms with van der Waals surface area (Å²) in [4.78, 5) is 5.14. The predicted octanol–water partition coefficient (Wildman–Crippen LogP) is -1.80. The molecule has 0 amide bonds. The fourth-order valence-corrected chi connectivity index (χ4v) is 1.52. The molecule has 0 unspecified atom stereocenters. The Morgan fingerprint density at radius 2 is 1.80 bits per heavy atom. The Hall–Kier alpha value is -1.04. The molecule has 0 N–H and O–H groups in total. The van der Waals surface area contributed by atoms with Crippen LogP contribution in [0.15, 0.2) is 36.5 Å². The fraction of sp³-hybridized carbons (Fsp3) is 0.182. The van der Waals surface area contributed by atoms with Crippen LogP contribution in [0.3, 0.4) is 0 Å². The Balaban J connectivity index is 0.00000112. The maximum Gasteiger partial charge on any atom is 0.424 e. The summed E-state index contributed by atoms with van der Waals surface area (Å²) in [6, 6.07) is 10.0. The molecule has 0 aliphatic carbocycles. The zero-order valence-corrected chi connectivity index (χ0v) is 10.8. The molecule has 4 heteroatoms. The molecule has 3 nitrogen and oxygen atoms in total. The monoisotopic (exact) mass is 317 g/mol. The molecule has 1 aromatic carbocycles. The average molecular weight is 317 g/mol. The number of nitrogens with zero attached hydrogens (tertiary/aromatic N) is 1. The van der Waals surface area contributed by atoms with Crippen LogP contribution in [0.1, 0.15) is 0 Å². The van der Waals surface area contributed by atoms with Gasteiger partial charge in [-0.3, -0.25) is 4.84 Å². The summed E-state index contributed by atoms with van der Waals surface area (Å²) in [7, 11) is 3.24. The maximum absolute atomic E-state index is 5.29. The van der Waals surface area contributed by atoms with Gasteiger partial charge in [-0.25, -0.2) is 0 Å². The molecule has 1 heterocycles. The van der Waals surface area contributed by atoms with Crippen molar-refractivity contribution in [1.82, 2.24) is 0 Å². The smallest absolute Gasteiger partial charge is 0.424 e. The third kappa shape index (κ3) is 2.14. The summed E-state index contributed by atoms with van der Waals surface area (Å²) in [5.74, 6) is 0.714. The fourth-order valence-electron chi connectivity index (χ4n) is 1.52. The average Bonchev–Trinajstić information content (AvgIpc) is 2.27. The molecule has 0 radical (unpaired) electrons. The molecule has 0 fully saturated rings. The van der Waals surface area contributed by atoms with Crippen LogP contribution in [0.25, 0.3) is 10.8 Å². The van der Waals surface area contributed by atoms with Crippen molar-refractivity contribution in [2.24, 2.45) is 0 Å². The molecule has 80 valence electrons. The van der Waals surface area contributed by atoms with Crippen molar-refractivity contribution >= 4 is 10.8 Å². The molecule has 0 spiro atoms. The number of rotatable bonds is 2. The van der Waals surface area contributed by atoms with E-state index in [1.165, 1.54) is 0 Å². The SMILES string of the molecule is COc1c2ccccc2cc[n+]1OC.[I-]. The number of aromatic nitrogens is 1. The van der Waals surface area contributed by atoms with Crippen molar-refractivity contribution in [2.75, 3.05) is 14.2 Å². The van der Waals surface area contributed by atoms with Gasteiger partial charge in [0.15, 0.2) is 0 Å². The molecule has 0 bridgehead atoms. The van der Waals surface area contributed by atoms with E-state index in [1.807, 2.05) is 36.5 Å². The third-order valence-electron chi connectivity index (χ3n) is 2.17. The number of hydrogen-bond donors (Lipinski definition) is 0.